The van der Waals surface area contributed by atoms with Gasteiger partial charge >= 0.3 is 0 Å². The Kier molecular flexibility index (Phi) is 7.73. The number of thioether (sulfide) groups is 1. The van der Waals surface area contributed by atoms with Gasteiger partial charge in [0.05, 0.1) is 38.9 Å². The number of carboxylic acids is 1. The molecule has 3 N–H and O–H groups in total. The van der Waals surface area contributed by atoms with Gasteiger partial charge in [-0.3, -0.25) is 9.69 Å². The van der Waals surface area contributed by atoms with Crippen molar-refractivity contribution in [2.45, 2.75) is 17.8 Å². The number of rotatable bonds is 7. The van der Waals surface area contributed by atoms with E-state index in [1.165, 1.54) is 16.7 Å². The van der Waals surface area contributed by atoms with Crippen LogP contribution in [-0.4, -0.2) is 77.3 Å². The van der Waals surface area contributed by atoms with Crippen molar-refractivity contribution in [1.82, 2.24) is 4.90 Å². The second-order valence-electron chi connectivity index (χ2n) is 6.42. The summed E-state index contributed by atoms with van der Waals surface area (Å²) in [7, 11) is 4.08. The molecule has 0 aromatic heterocycles. The third-order valence-electron chi connectivity index (χ3n) is 4.07. The van der Waals surface area contributed by atoms with Gasteiger partial charge in [0.2, 0.25) is 5.91 Å². The summed E-state index contributed by atoms with van der Waals surface area (Å²) in [4.78, 5) is 24.5. The standard InChI is InChI=1S/C15H23N3O4S.HI/c1-18(2,7-4-8-19)6-3-5-10-9-23-14-11(16)13(20)17(14)12(10)15(21)22;/h3,5,11,14,19H,4,6-9,16H2,1-2H3;1H/t11-,14-;/m1./s1. The molecular weight excluding hydrogens is 445 g/mol. The van der Waals surface area contributed by atoms with E-state index in [-0.39, 0.29) is 47.6 Å². The van der Waals surface area contributed by atoms with Crippen LogP contribution in [0.2, 0.25) is 0 Å². The maximum Gasteiger partial charge on any atom is 0.248 e. The van der Waals surface area contributed by atoms with Crippen LogP contribution in [0.4, 0.5) is 0 Å². The highest BCUT2D eigenvalue weighted by atomic mass is 127. The first kappa shape index (κ1) is 21.4. The summed E-state index contributed by atoms with van der Waals surface area (Å²) < 4.78 is 0.689. The first-order valence-corrected chi connectivity index (χ1v) is 8.57. The second kappa shape index (κ2) is 8.65. The predicted octanol–water partition coefficient (Wildman–Crippen LogP) is -1.13. The van der Waals surface area contributed by atoms with Gasteiger partial charge in [-0.25, -0.2) is 0 Å². The Morgan fingerprint density at radius 2 is 2.21 bits per heavy atom. The quantitative estimate of drug-likeness (QED) is 0.278. The van der Waals surface area contributed by atoms with Crippen LogP contribution in [0.15, 0.2) is 23.4 Å². The number of fused-ring (bicyclic) bond motifs is 1. The maximum absolute atomic E-state index is 11.8. The van der Waals surface area contributed by atoms with Crippen LogP contribution in [0.5, 0.6) is 0 Å². The van der Waals surface area contributed by atoms with Crippen molar-refractivity contribution < 1.29 is 24.3 Å². The summed E-state index contributed by atoms with van der Waals surface area (Å²) in [5.41, 5.74) is 6.22. The van der Waals surface area contributed by atoms with E-state index >= 15 is 0 Å². The molecule has 7 nitrogen and oxygen atoms in total. The first-order valence-electron chi connectivity index (χ1n) is 7.52. The highest BCUT2D eigenvalue weighted by Crippen LogP contribution is 2.39. The number of nitrogens with two attached hydrogens (primary N) is 1. The molecule has 2 atom stereocenters. The number of hydrogen-bond donors (Lipinski definition) is 2. The van der Waals surface area contributed by atoms with E-state index in [0.29, 0.717) is 28.8 Å². The molecule has 2 rings (SSSR count). The lowest BCUT2D eigenvalue weighted by atomic mass is 10.0. The van der Waals surface area contributed by atoms with Gasteiger partial charge in [-0.05, 0) is 11.6 Å². The molecule has 24 heavy (non-hydrogen) atoms. The van der Waals surface area contributed by atoms with E-state index in [1.54, 1.807) is 6.08 Å². The minimum Gasteiger partial charge on any atom is -0.543 e. The Hall–Kier alpha value is -0.620. The predicted molar refractivity (Wildman–Crippen MR) is 101 cm³/mol. The summed E-state index contributed by atoms with van der Waals surface area (Å²) >= 11 is 1.47. The summed E-state index contributed by atoms with van der Waals surface area (Å²) in [5, 5.41) is 20.0. The maximum atomic E-state index is 11.8. The van der Waals surface area contributed by atoms with Crippen LogP contribution < -0.4 is 10.8 Å². The number of carbonyl (C=O) groups is 2. The Labute approximate surface area is 163 Å². The number of quaternary nitrogens is 1. The van der Waals surface area contributed by atoms with Crippen LogP contribution in [0.25, 0.3) is 0 Å². The third kappa shape index (κ3) is 4.51. The smallest absolute Gasteiger partial charge is 0.248 e. The summed E-state index contributed by atoms with van der Waals surface area (Å²) in [6.07, 6.45) is 4.37. The van der Waals surface area contributed by atoms with Gasteiger partial charge in [-0.1, -0.05) is 6.08 Å². The summed E-state index contributed by atoms with van der Waals surface area (Å²) in [5.74, 6) is -1.22. The van der Waals surface area contributed by atoms with Crippen molar-refractivity contribution in [3.05, 3.63) is 23.4 Å². The molecule has 0 unspecified atom stereocenters. The average molecular weight is 469 g/mol. The average Bonchev–Trinajstić information content (AvgIpc) is 2.51. The van der Waals surface area contributed by atoms with E-state index in [4.69, 9.17) is 10.8 Å². The van der Waals surface area contributed by atoms with Crippen molar-refractivity contribution >= 4 is 47.6 Å². The number of aliphatic hydroxyl groups excluding tert-OH is 1. The topological polar surface area (TPSA) is 107 Å². The number of likely N-dealkylation sites (N-methyl/N-ethyl adjacent to an activating group) is 1. The molecule has 2 aliphatic heterocycles. The van der Waals surface area contributed by atoms with Gasteiger partial charge in [0.1, 0.15) is 11.4 Å². The normalized spacial score (nSPS) is 23.8. The second-order valence-corrected chi connectivity index (χ2v) is 7.52. The molecule has 0 spiro atoms. The highest BCUT2D eigenvalue weighted by Gasteiger charge is 2.49. The minimum atomic E-state index is -1.34. The fourth-order valence-corrected chi connectivity index (χ4v) is 3.99. The van der Waals surface area contributed by atoms with E-state index in [9.17, 15) is 14.7 Å². The van der Waals surface area contributed by atoms with Crippen LogP contribution in [0.1, 0.15) is 6.42 Å². The Morgan fingerprint density at radius 1 is 1.54 bits per heavy atom. The lowest BCUT2D eigenvalue weighted by molar-refractivity contribution is -0.884. The van der Waals surface area contributed by atoms with Crippen LogP contribution in [0, 0.1) is 0 Å². The number of nitrogens with zero attached hydrogens (tertiary/aromatic N) is 2. The van der Waals surface area contributed by atoms with E-state index in [2.05, 4.69) is 0 Å². The highest BCUT2D eigenvalue weighted by molar-refractivity contribution is 14.0. The molecule has 1 saturated heterocycles. The largest absolute Gasteiger partial charge is 0.543 e. The van der Waals surface area contributed by atoms with Crippen LogP contribution >= 0.6 is 35.7 Å². The van der Waals surface area contributed by atoms with Gasteiger partial charge in [-0.15, -0.1) is 35.7 Å². The van der Waals surface area contributed by atoms with Crippen molar-refractivity contribution in [2.24, 2.45) is 5.73 Å². The third-order valence-corrected chi connectivity index (χ3v) is 5.40. The Morgan fingerprint density at radius 3 is 2.79 bits per heavy atom. The van der Waals surface area contributed by atoms with E-state index < -0.39 is 12.0 Å². The fourth-order valence-electron chi connectivity index (χ4n) is 2.73. The number of amides is 1. The number of β-lactam (4-membered cyclic amide) rings is 1. The molecule has 2 aliphatic rings. The monoisotopic (exact) mass is 469 g/mol. The first-order chi connectivity index (χ1) is 10.8. The number of aliphatic hydroxyl groups is 1. The van der Waals surface area contributed by atoms with Crippen LogP contribution in [0.3, 0.4) is 0 Å². The Bertz CT molecular complexity index is 565. The van der Waals surface area contributed by atoms with Gasteiger partial charge < -0.3 is 25.2 Å². The SMILES string of the molecule is C[N+](C)(CC=CC1=C(C(=O)[O-])N2C(=O)[C@@H](N)[C@H]2SC1)CCCO.I. The molecule has 1 amide bonds. The fraction of sp³-hybridized carbons (Fsp3) is 0.600. The van der Waals surface area contributed by atoms with E-state index in [1.807, 2.05) is 20.2 Å². The molecule has 0 radical (unpaired) electrons. The van der Waals surface area contributed by atoms with Crippen LogP contribution in [-0.2, 0) is 9.59 Å². The minimum absolute atomic E-state index is 0. The zero-order chi connectivity index (χ0) is 17.2. The summed E-state index contributed by atoms with van der Waals surface area (Å²) in [6, 6.07) is -0.631. The lowest BCUT2D eigenvalue weighted by Gasteiger charge is -2.49. The van der Waals surface area contributed by atoms with Gasteiger partial charge in [0.15, 0.2) is 0 Å². The van der Waals surface area contributed by atoms with Crippen molar-refractivity contribution in [1.29, 1.82) is 0 Å². The van der Waals surface area contributed by atoms with Crippen molar-refractivity contribution in [2.75, 3.05) is 39.5 Å². The van der Waals surface area contributed by atoms with Crippen molar-refractivity contribution in [3.63, 3.8) is 0 Å². The molecule has 0 bridgehead atoms. The van der Waals surface area contributed by atoms with Gasteiger partial charge in [-0.2, -0.15) is 0 Å². The molecule has 0 aromatic rings. The Balaban J connectivity index is 0.00000288. The summed E-state index contributed by atoms with van der Waals surface area (Å²) in [6.45, 7) is 1.68. The number of carboxylic acid groups (broad SMARTS) is 1. The number of hydrogen-bond acceptors (Lipinski definition) is 6. The molecule has 136 valence electrons. The molecule has 0 aliphatic carbocycles. The van der Waals surface area contributed by atoms with Gasteiger partial charge in [0, 0.05) is 18.8 Å². The number of halogens is 1. The lowest BCUT2D eigenvalue weighted by Crippen LogP contribution is -2.69. The zero-order valence-electron chi connectivity index (χ0n) is 13.8. The molecule has 1 fully saturated rings. The number of aliphatic carboxylic acids is 1. The molecular formula is C15H24IN3O4S. The molecule has 9 heteroatoms. The molecule has 0 aromatic carbocycles. The number of carbonyl (C=O) groups excluding carboxylic acids is 2. The van der Waals surface area contributed by atoms with Gasteiger partial charge in [0.25, 0.3) is 0 Å². The zero-order valence-corrected chi connectivity index (χ0v) is 17.0. The molecule has 0 saturated carbocycles. The molecule has 2 heterocycles. The van der Waals surface area contributed by atoms with Crippen molar-refractivity contribution in [3.8, 4) is 0 Å². The van der Waals surface area contributed by atoms with E-state index in [0.717, 1.165) is 6.54 Å². The number of allylic oxidation sites excluding steroid dienone is 1.